The Hall–Kier alpha value is -1.29. The number of alkyl halides is 1. The van der Waals surface area contributed by atoms with Crippen LogP contribution in [0.15, 0.2) is 30.5 Å². The molecule has 1 aromatic heterocycles. The van der Waals surface area contributed by atoms with Crippen LogP contribution >= 0.6 is 15.9 Å². The molecule has 0 aliphatic carbocycles. The molecule has 0 amide bonds. The van der Waals surface area contributed by atoms with Gasteiger partial charge in [-0.3, -0.25) is 4.79 Å². The number of H-pyrrole nitrogens is 1. The molecule has 1 heterocycles. The van der Waals surface area contributed by atoms with Gasteiger partial charge in [0.05, 0.1) is 0 Å². The second-order valence-electron chi connectivity index (χ2n) is 3.38. The highest BCUT2D eigenvalue weighted by Gasteiger charge is 2.27. The Labute approximate surface area is 95.6 Å². The first-order valence-electron chi connectivity index (χ1n) is 4.52. The number of nitrogens with one attached hydrogen (secondary N) is 1. The summed E-state index contributed by atoms with van der Waals surface area (Å²) in [5.41, 5.74) is 1.93. The molecule has 0 fully saturated rings. The lowest BCUT2D eigenvalue weighted by atomic mass is 10.1. The maximum Gasteiger partial charge on any atom is 0.294 e. The number of aromatic amines is 1. The third-order valence-corrected chi connectivity index (χ3v) is 2.95. The molecule has 3 nitrogen and oxygen atoms in total. The van der Waals surface area contributed by atoms with E-state index in [4.69, 9.17) is 4.74 Å². The molecule has 0 aliphatic rings. The number of fused-ring (bicyclic) bond motifs is 1. The third-order valence-electron chi connectivity index (χ3n) is 2.34. The summed E-state index contributed by atoms with van der Waals surface area (Å²) in [6.45, 7) is 2.23. The van der Waals surface area contributed by atoms with Gasteiger partial charge in [-0.2, -0.15) is 0 Å². The van der Waals surface area contributed by atoms with E-state index in [0.29, 0.717) is 6.47 Å². The van der Waals surface area contributed by atoms with Gasteiger partial charge in [-0.05, 0) is 28.9 Å². The number of hydrogen-bond acceptors (Lipinski definition) is 2. The van der Waals surface area contributed by atoms with Crippen molar-refractivity contribution < 1.29 is 9.53 Å². The first-order chi connectivity index (χ1) is 7.15. The molecule has 1 atom stereocenters. The summed E-state index contributed by atoms with van der Waals surface area (Å²) in [4.78, 5) is 13.5. The Kier molecular flexibility index (Phi) is 2.52. The number of aromatic nitrogens is 1. The van der Waals surface area contributed by atoms with Crippen LogP contribution in [0.3, 0.4) is 0 Å². The molecule has 2 rings (SSSR count). The minimum atomic E-state index is -0.783. The number of benzene rings is 1. The van der Waals surface area contributed by atoms with Gasteiger partial charge >= 0.3 is 0 Å². The van der Waals surface area contributed by atoms with Crippen molar-refractivity contribution in [3.05, 3.63) is 36.0 Å². The maximum atomic E-state index is 10.4. The molecular formula is C11H10BrNO2. The van der Waals surface area contributed by atoms with Crippen LogP contribution in [0.5, 0.6) is 0 Å². The summed E-state index contributed by atoms with van der Waals surface area (Å²) in [5, 5.41) is 1.04. The van der Waals surface area contributed by atoms with Gasteiger partial charge in [0, 0.05) is 22.7 Å². The average Bonchev–Trinajstić information content (AvgIpc) is 2.61. The fraction of sp³-hybridized carbons (Fsp3) is 0.182. The first kappa shape index (κ1) is 10.2. The highest BCUT2D eigenvalue weighted by atomic mass is 79.9. The summed E-state index contributed by atoms with van der Waals surface area (Å²) in [6, 6.07) is 7.86. The molecule has 0 saturated heterocycles. The van der Waals surface area contributed by atoms with E-state index in [9.17, 15) is 4.79 Å². The van der Waals surface area contributed by atoms with Crippen molar-refractivity contribution in [1.82, 2.24) is 4.98 Å². The molecule has 1 unspecified atom stereocenters. The Morgan fingerprint density at radius 3 is 2.93 bits per heavy atom. The Bertz CT molecular complexity index is 490. The lowest BCUT2D eigenvalue weighted by Gasteiger charge is -2.19. The van der Waals surface area contributed by atoms with Crippen LogP contribution in [0.4, 0.5) is 0 Å². The Morgan fingerprint density at radius 2 is 2.20 bits per heavy atom. The van der Waals surface area contributed by atoms with Crippen molar-refractivity contribution in [2.24, 2.45) is 0 Å². The highest BCUT2D eigenvalue weighted by molar-refractivity contribution is 9.09. The van der Waals surface area contributed by atoms with Gasteiger partial charge in [-0.25, -0.2) is 0 Å². The topological polar surface area (TPSA) is 42.1 Å². The number of para-hydroxylation sites is 1. The zero-order valence-corrected chi connectivity index (χ0v) is 9.74. The van der Waals surface area contributed by atoms with Crippen LogP contribution in [-0.4, -0.2) is 11.5 Å². The summed E-state index contributed by atoms with van der Waals surface area (Å²) < 4.78 is 4.21. The predicted octanol–water partition coefficient (Wildman–Crippen LogP) is 2.91. The fourth-order valence-corrected chi connectivity index (χ4v) is 2.00. The zero-order valence-electron chi connectivity index (χ0n) is 8.16. The molecule has 1 aromatic carbocycles. The molecule has 0 saturated carbocycles. The summed E-state index contributed by atoms with van der Waals surface area (Å²) in [6.07, 6.45) is 1.84. The van der Waals surface area contributed by atoms with Gasteiger partial charge in [0.25, 0.3) is 6.47 Å². The Morgan fingerprint density at radius 1 is 1.47 bits per heavy atom. The highest BCUT2D eigenvalue weighted by Crippen LogP contribution is 2.36. The van der Waals surface area contributed by atoms with Crippen LogP contribution in [-0.2, 0) is 14.0 Å². The monoisotopic (exact) mass is 267 g/mol. The van der Waals surface area contributed by atoms with Gasteiger partial charge in [-0.1, -0.05) is 18.2 Å². The van der Waals surface area contributed by atoms with Crippen molar-refractivity contribution in [2.75, 3.05) is 0 Å². The van der Waals surface area contributed by atoms with Gasteiger partial charge in [0.2, 0.25) is 0 Å². The number of halogens is 1. The molecule has 2 aromatic rings. The SMILES string of the molecule is CC(Br)(OC=O)c1c[nH]c2ccccc12. The summed E-state index contributed by atoms with van der Waals surface area (Å²) in [7, 11) is 0. The van der Waals surface area contributed by atoms with Crippen LogP contribution in [0.2, 0.25) is 0 Å². The largest absolute Gasteiger partial charge is 0.445 e. The lowest BCUT2D eigenvalue weighted by Crippen LogP contribution is -2.16. The van der Waals surface area contributed by atoms with E-state index >= 15 is 0 Å². The number of carbonyl (C=O) groups is 1. The molecule has 78 valence electrons. The van der Waals surface area contributed by atoms with Crippen LogP contribution in [0, 0.1) is 0 Å². The van der Waals surface area contributed by atoms with Crippen molar-refractivity contribution in [3.63, 3.8) is 0 Å². The van der Waals surface area contributed by atoms with Crippen LogP contribution in [0.25, 0.3) is 10.9 Å². The quantitative estimate of drug-likeness (QED) is 0.687. The van der Waals surface area contributed by atoms with Gasteiger partial charge in [-0.15, -0.1) is 0 Å². The number of hydrogen-bond donors (Lipinski definition) is 1. The fourth-order valence-electron chi connectivity index (χ4n) is 1.59. The van der Waals surface area contributed by atoms with Crippen molar-refractivity contribution in [1.29, 1.82) is 0 Å². The van der Waals surface area contributed by atoms with Gasteiger partial charge in [0.15, 0.2) is 4.51 Å². The van der Waals surface area contributed by atoms with E-state index in [1.54, 1.807) is 6.92 Å². The van der Waals surface area contributed by atoms with Crippen LogP contribution in [0.1, 0.15) is 12.5 Å². The van der Waals surface area contributed by atoms with E-state index in [1.807, 2.05) is 30.5 Å². The van der Waals surface area contributed by atoms with Gasteiger partial charge in [0.1, 0.15) is 0 Å². The molecule has 0 radical (unpaired) electrons. The smallest absolute Gasteiger partial charge is 0.294 e. The summed E-state index contributed by atoms with van der Waals surface area (Å²) >= 11 is 3.38. The lowest BCUT2D eigenvalue weighted by molar-refractivity contribution is -0.134. The summed E-state index contributed by atoms with van der Waals surface area (Å²) in [5.74, 6) is 0. The van der Waals surface area contributed by atoms with E-state index < -0.39 is 4.51 Å². The maximum absolute atomic E-state index is 10.4. The van der Waals surface area contributed by atoms with Gasteiger partial charge < -0.3 is 9.72 Å². The average molecular weight is 268 g/mol. The second kappa shape index (κ2) is 3.70. The van der Waals surface area contributed by atoms with E-state index in [1.165, 1.54) is 0 Å². The predicted molar refractivity (Wildman–Crippen MR) is 61.7 cm³/mol. The minimum absolute atomic E-state index is 0.441. The number of ether oxygens (including phenoxy) is 1. The third kappa shape index (κ3) is 1.77. The molecule has 0 aliphatic heterocycles. The first-order valence-corrected chi connectivity index (χ1v) is 5.31. The number of rotatable bonds is 3. The number of carbonyl (C=O) groups excluding carboxylic acids is 1. The molecule has 0 spiro atoms. The second-order valence-corrected chi connectivity index (χ2v) is 4.89. The van der Waals surface area contributed by atoms with Crippen LogP contribution < -0.4 is 0 Å². The van der Waals surface area contributed by atoms with E-state index in [-0.39, 0.29) is 0 Å². The van der Waals surface area contributed by atoms with Crippen molar-refractivity contribution in [2.45, 2.75) is 11.4 Å². The Balaban J connectivity index is 2.56. The van der Waals surface area contributed by atoms with E-state index in [2.05, 4.69) is 20.9 Å². The minimum Gasteiger partial charge on any atom is -0.445 e. The van der Waals surface area contributed by atoms with Crippen molar-refractivity contribution in [3.8, 4) is 0 Å². The molecular weight excluding hydrogens is 258 g/mol. The molecule has 4 heteroatoms. The van der Waals surface area contributed by atoms with Crippen molar-refractivity contribution >= 4 is 33.3 Å². The van der Waals surface area contributed by atoms with E-state index in [0.717, 1.165) is 16.5 Å². The standard InChI is InChI=1S/C11H10BrNO2/c1-11(12,15-7-14)9-6-13-10-5-3-2-4-8(9)10/h2-7,13H,1H3. The molecule has 1 N–H and O–H groups in total. The normalized spacial score (nSPS) is 14.8. The molecule has 0 bridgehead atoms. The zero-order chi connectivity index (χ0) is 10.9. The molecule has 15 heavy (non-hydrogen) atoms.